The number of hydrogen-bond acceptors (Lipinski definition) is 17. The molecule has 63 heavy (non-hydrogen) atoms. The van der Waals surface area contributed by atoms with Gasteiger partial charge in [-0.3, -0.25) is 4.79 Å². The van der Waals surface area contributed by atoms with Crippen molar-refractivity contribution in [2.24, 2.45) is 51.2 Å². The van der Waals surface area contributed by atoms with Gasteiger partial charge in [0.05, 0.1) is 31.8 Å². The highest BCUT2D eigenvalue weighted by Gasteiger charge is 2.68. The maximum Gasteiger partial charge on any atom is 0.311 e. The monoisotopic (exact) mass is 896 g/mol. The number of esters is 1. The van der Waals surface area contributed by atoms with Crippen molar-refractivity contribution in [3.05, 3.63) is 23.8 Å². The van der Waals surface area contributed by atoms with Crippen LogP contribution in [0.1, 0.15) is 92.4 Å². The van der Waals surface area contributed by atoms with Gasteiger partial charge in [-0.25, -0.2) is 0 Å². The van der Waals surface area contributed by atoms with Crippen molar-refractivity contribution in [3.8, 4) is 0 Å². The predicted molar refractivity (Wildman–Crippen MR) is 219 cm³/mol. The number of rotatable bonds is 8. The Bertz CT molecular complexity index is 1720. The molecule has 10 N–H and O–H groups in total. The topological polar surface area (TPSA) is 275 Å². The van der Waals surface area contributed by atoms with Crippen molar-refractivity contribution in [2.45, 2.75) is 185 Å². The summed E-state index contributed by atoms with van der Waals surface area (Å²) in [5.41, 5.74) is 1.82. The lowest BCUT2D eigenvalue weighted by atomic mass is 9.34. The molecular weight excluding hydrogens is 824 g/mol. The summed E-state index contributed by atoms with van der Waals surface area (Å²) in [5.74, 6) is -0.540. The Morgan fingerprint density at radius 1 is 0.746 bits per heavy atom. The first-order valence-electron chi connectivity index (χ1n) is 23.1. The van der Waals surface area contributed by atoms with Gasteiger partial charge >= 0.3 is 5.97 Å². The highest BCUT2D eigenvalue weighted by atomic mass is 16.7. The van der Waals surface area contributed by atoms with Crippen LogP contribution in [0.2, 0.25) is 0 Å². The molecular formula is C46H72O17. The van der Waals surface area contributed by atoms with Crippen LogP contribution in [0, 0.1) is 51.2 Å². The number of ether oxygens (including phenoxy) is 6. The Morgan fingerprint density at radius 3 is 2.10 bits per heavy atom. The van der Waals surface area contributed by atoms with Crippen LogP contribution in [0.5, 0.6) is 0 Å². The van der Waals surface area contributed by atoms with Crippen molar-refractivity contribution in [3.63, 3.8) is 0 Å². The van der Waals surface area contributed by atoms with Crippen LogP contribution >= 0.6 is 0 Å². The van der Waals surface area contributed by atoms with Crippen LogP contribution < -0.4 is 0 Å². The molecule has 3 heterocycles. The molecule has 0 aromatic carbocycles. The van der Waals surface area contributed by atoms with Crippen molar-refractivity contribution < 1.29 is 84.3 Å². The van der Waals surface area contributed by atoms with Crippen LogP contribution in [0.4, 0.5) is 0 Å². The van der Waals surface area contributed by atoms with E-state index in [1.165, 1.54) is 5.57 Å². The fourth-order valence-corrected chi connectivity index (χ4v) is 14.3. The molecule has 8 rings (SSSR count). The maximum atomic E-state index is 14.3. The molecule has 0 spiro atoms. The summed E-state index contributed by atoms with van der Waals surface area (Å²) in [6.45, 7) is 14.9. The first-order valence-corrected chi connectivity index (χ1v) is 23.1. The van der Waals surface area contributed by atoms with Gasteiger partial charge in [0, 0.05) is 0 Å². The lowest BCUT2D eigenvalue weighted by Crippen LogP contribution is -2.65. The summed E-state index contributed by atoms with van der Waals surface area (Å²) in [5, 5.41) is 104. The van der Waals surface area contributed by atoms with E-state index in [1.807, 2.05) is 0 Å². The molecule has 0 aromatic rings. The van der Waals surface area contributed by atoms with E-state index in [0.717, 1.165) is 56.9 Å². The van der Waals surface area contributed by atoms with Crippen LogP contribution in [0.3, 0.4) is 0 Å². The molecule has 0 aromatic heterocycles. The van der Waals surface area contributed by atoms with Crippen LogP contribution in [-0.4, -0.2) is 169 Å². The third-order valence-electron chi connectivity index (χ3n) is 18.1. The smallest absolute Gasteiger partial charge is 0.311 e. The van der Waals surface area contributed by atoms with Gasteiger partial charge in [-0.15, -0.1) is 0 Å². The molecule has 0 bridgehead atoms. The Kier molecular flexibility index (Phi) is 13.3. The van der Waals surface area contributed by atoms with Gasteiger partial charge in [-0.2, -0.15) is 0 Å². The third-order valence-corrected chi connectivity index (χ3v) is 18.1. The van der Waals surface area contributed by atoms with E-state index in [9.17, 15) is 55.9 Å². The minimum absolute atomic E-state index is 0.0147. The van der Waals surface area contributed by atoms with Crippen LogP contribution in [-0.2, 0) is 33.2 Å². The Labute approximate surface area is 369 Å². The highest BCUT2D eigenvalue weighted by molar-refractivity contribution is 5.74. The van der Waals surface area contributed by atoms with Gasteiger partial charge in [0.2, 0.25) is 6.29 Å². The molecule has 3 aliphatic heterocycles. The molecule has 3 saturated heterocycles. The first kappa shape index (κ1) is 47.8. The number of carbonyl (C=O) groups is 1. The minimum Gasteiger partial charge on any atom is -0.432 e. The molecule has 23 atom stereocenters. The lowest BCUT2D eigenvalue weighted by Gasteiger charge is -2.70. The highest BCUT2D eigenvalue weighted by Crippen LogP contribution is 2.74. The fraction of sp³-hybridized carbons (Fsp3) is 0.891. The van der Waals surface area contributed by atoms with Crippen molar-refractivity contribution in [2.75, 3.05) is 19.8 Å². The molecule has 17 nitrogen and oxygen atoms in total. The van der Waals surface area contributed by atoms with E-state index in [1.54, 1.807) is 0 Å². The average Bonchev–Trinajstić information content (AvgIpc) is 3.23. The zero-order valence-corrected chi connectivity index (χ0v) is 37.1. The summed E-state index contributed by atoms with van der Waals surface area (Å²) >= 11 is 0. The Balaban J connectivity index is 0.956. The van der Waals surface area contributed by atoms with Gasteiger partial charge in [0.25, 0.3) is 0 Å². The summed E-state index contributed by atoms with van der Waals surface area (Å²) in [4.78, 5) is 14.3. The minimum atomic E-state index is -1.79. The second-order valence-electron chi connectivity index (χ2n) is 21.6. The Hall–Kier alpha value is -1.65. The molecule has 358 valence electrons. The summed E-state index contributed by atoms with van der Waals surface area (Å²) in [6.07, 6.45) is -11.4. The zero-order chi connectivity index (χ0) is 45.7. The normalized spacial score (nSPS) is 53.3. The molecule has 7 fully saturated rings. The molecule has 0 radical (unpaired) electrons. The number of hydrogen-bond donors (Lipinski definition) is 10. The van der Waals surface area contributed by atoms with E-state index >= 15 is 0 Å². The molecule has 4 saturated carbocycles. The van der Waals surface area contributed by atoms with E-state index in [0.29, 0.717) is 18.3 Å². The van der Waals surface area contributed by atoms with Crippen molar-refractivity contribution in [1.29, 1.82) is 0 Å². The van der Waals surface area contributed by atoms with E-state index in [2.05, 4.69) is 47.3 Å². The van der Waals surface area contributed by atoms with E-state index < -0.39 is 111 Å². The summed E-state index contributed by atoms with van der Waals surface area (Å²) in [7, 11) is 0. The van der Waals surface area contributed by atoms with Gasteiger partial charge in [0.1, 0.15) is 67.1 Å². The fourth-order valence-electron chi connectivity index (χ4n) is 14.3. The van der Waals surface area contributed by atoms with Gasteiger partial charge in [0.15, 0.2) is 12.6 Å². The van der Waals surface area contributed by atoms with Crippen molar-refractivity contribution in [1.82, 2.24) is 0 Å². The SMILES string of the molecule is C=C1C[C@H](C(=O)O[C@@H]2O[C@@H](CO[C@H]3O[C@@H](CO)[C@@H](O)[C@H](O)[C@H]3O)[C@@H](O)[C@@H](O)[C@@H]2O)[C@@H]2CC[C@@]3(C)C(=CC[C@H]4[C@]5(C)CC[C@H](O[C@H]6OC[C@H](O)[C@H](O)[C@H]6O)C(C)(C)[C@@H]5CC[C@@]43C)[C@H]2C1. The largest absolute Gasteiger partial charge is 0.432 e. The number of fused-ring (bicyclic) bond motifs is 7. The predicted octanol–water partition coefficient (Wildman–Crippen LogP) is 0.166. The third kappa shape index (κ3) is 7.80. The molecule has 0 amide bonds. The maximum absolute atomic E-state index is 14.3. The molecule has 17 heteroatoms. The van der Waals surface area contributed by atoms with Crippen LogP contribution in [0.15, 0.2) is 23.8 Å². The van der Waals surface area contributed by atoms with E-state index in [-0.39, 0.29) is 46.2 Å². The quantitative estimate of drug-likeness (QED) is 0.0884. The second-order valence-corrected chi connectivity index (χ2v) is 21.6. The Morgan fingerprint density at radius 2 is 1.40 bits per heavy atom. The number of aliphatic hydroxyl groups is 10. The van der Waals surface area contributed by atoms with E-state index in [4.69, 9.17) is 28.4 Å². The molecule has 8 aliphatic rings. The zero-order valence-electron chi connectivity index (χ0n) is 37.1. The molecule has 5 aliphatic carbocycles. The lowest BCUT2D eigenvalue weighted by molar-refractivity contribution is -0.327. The van der Waals surface area contributed by atoms with Gasteiger partial charge < -0.3 is 79.5 Å². The number of allylic oxidation sites excluding steroid dienone is 3. The number of carbonyl (C=O) groups excluding carboxylic acids is 1. The van der Waals surface area contributed by atoms with Gasteiger partial charge in [-0.1, -0.05) is 58.4 Å². The molecule has 0 unspecified atom stereocenters. The number of aliphatic hydroxyl groups excluding tert-OH is 10. The summed E-state index contributed by atoms with van der Waals surface area (Å²) < 4.78 is 34.8. The van der Waals surface area contributed by atoms with Crippen LogP contribution in [0.25, 0.3) is 0 Å². The van der Waals surface area contributed by atoms with Crippen molar-refractivity contribution >= 4 is 5.97 Å². The van der Waals surface area contributed by atoms with Gasteiger partial charge in [-0.05, 0) is 103 Å². The second kappa shape index (κ2) is 17.5. The first-order chi connectivity index (χ1) is 29.6. The standard InChI is InChI=1S/C46H72O17/c1-20-15-22-21(23(16-20)39(57)63-42-38(56)35(53)33(51)27(61-42)19-59-40-37(55)34(52)32(50)26(17-47)60-40)9-13-45(5)24(22)7-8-29-44(4)12-11-30(43(2,3)28(44)10-14-46(29,45)6)62-41-36(54)31(49)25(48)18-58-41/h7,21-23,25-38,40-42,47-56H,1,8-19H2,2-6H3/t21-,22+,23+,25+,26+,27+,28+,29+,30+,31+,32-,33-,34+,35-,36-,37-,38+,40+,41-,42+,44-,45+,46+/m1/s1. The average molecular weight is 897 g/mol. The summed E-state index contributed by atoms with van der Waals surface area (Å²) in [6, 6.07) is 0.